The summed E-state index contributed by atoms with van der Waals surface area (Å²) in [5.74, 6) is 0.00488. The smallest absolute Gasteiger partial charge is 0.286 e. The van der Waals surface area contributed by atoms with Crippen LogP contribution in [0, 0.1) is 19.7 Å². The van der Waals surface area contributed by atoms with Crippen molar-refractivity contribution in [3.63, 3.8) is 0 Å². The normalized spacial score (nSPS) is 13.8. The van der Waals surface area contributed by atoms with Gasteiger partial charge in [-0.15, -0.1) is 0 Å². The third-order valence-electron chi connectivity index (χ3n) is 6.13. The van der Waals surface area contributed by atoms with E-state index in [1.807, 2.05) is 31.2 Å². The number of rotatable bonds is 3. The van der Waals surface area contributed by atoms with Crippen LogP contribution in [-0.4, -0.2) is 14.5 Å². The van der Waals surface area contributed by atoms with Gasteiger partial charge in [0.2, 0.25) is 0 Å². The van der Waals surface area contributed by atoms with E-state index in [0.717, 1.165) is 36.3 Å². The summed E-state index contributed by atoms with van der Waals surface area (Å²) in [5.41, 5.74) is 1.43. The van der Waals surface area contributed by atoms with E-state index in [0.29, 0.717) is 16.9 Å². The number of alkyl halides is 3. The number of nitrogens with zero attached hydrogens (tertiary/aromatic N) is 3. The highest BCUT2D eigenvalue weighted by Gasteiger charge is 2.34. The van der Waals surface area contributed by atoms with Crippen LogP contribution in [-0.2, 0) is 12.7 Å². The van der Waals surface area contributed by atoms with Crippen LogP contribution in [0.1, 0.15) is 53.3 Å². The summed E-state index contributed by atoms with van der Waals surface area (Å²) < 4.78 is 53.6. The molecular formula is C27H25F4N3O. The standard InChI is InChI=1S/C20H18F3N3O.C7H7F/c1-12-7-8-14-10-15(13-4-2-5-13)19(27)26(18(14)25-12)11-17-16(20(21,22)23)6-3-9-24-17;1-6-3-2-4-7(8)5-6/h3,6-10,13H,2,4-5,11H2,1H3;2-5H,1H3. The Bertz CT molecular complexity index is 1390. The maximum absolute atomic E-state index is 13.4. The van der Waals surface area contributed by atoms with E-state index in [1.165, 1.54) is 29.0 Å². The molecule has 0 unspecified atom stereocenters. The molecule has 1 aliphatic carbocycles. The molecule has 0 saturated heterocycles. The Hall–Kier alpha value is -3.55. The zero-order valence-electron chi connectivity index (χ0n) is 19.4. The fourth-order valence-electron chi connectivity index (χ4n) is 4.10. The fraction of sp³-hybridized carbons (Fsp3) is 0.296. The molecule has 4 aromatic rings. The number of aryl methyl sites for hydroxylation is 2. The average Bonchev–Trinajstić information content (AvgIpc) is 2.76. The molecule has 1 aliphatic rings. The van der Waals surface area contributed by atoms with Gasteiger partial charge in [-0.2, -0.15) is 13.2 Å². The lowest BCUT2D eigenvalue weighted by Crippen LogP contribution is -2.29. The summed E-state index contributed by atoms with van der Waals surface area (Å²) in [6.07, 6.45) is -0.300. The van der Waals surface area contributed by atoms with Gasteiger partial charge in [-0.3, -0.25) is 14.3 Å². The molecule has 0 spiro atoms. The minimum Gasteiger partial charge on any atom is -0.286 e. The molecule has 0 amide bonds. The Morgan fingerprint density at radius 3 is 2.40 bits per heavy atom. The van der Waals surface area contributed by atoms with Crippen LogP contribution in [0.25, 0.3) is 11.0 Å². The van der Waals surface area contributed by atoms with Crippen LogP contribution >= 0.6 is 0 Å². The third-order valence-corrected chi connectivity index (χ3v) is 6.13. The highest BCUT2D eigenvalue weighted by molar-refractivity contribution is 5.76. The first kappa shape index (κ1) is 24.6. The maximum atomic E-state index is 13.4. The van der Waals surface area contributed by atoms with Gasteiger partial charge in [0.25, 0.3) is 5.56 Å². The molecule has 3 heterocycles. The van der Waals surface area contributed by atoms with E-state index in [2.05, 4.69) is 9.97 Å². The van der Waals surface area contributed by atoms with E-state index < -0.39 is 11.7 Å². The van der Waals surface area contributed by atoms with E-state index in [4.69, 9.17) is 0 Å². The molecule has 1 aromatic carbocycles. The molecule has 5 rings (SSSR count). The molecule has 182 valence electrons. The summed E-state index contributed by atoms with van der Waals surface area (Å²) in [5, 5.41) is 0.756. The van der Waals surface area contributed by atoms with Crippen molar-refractivity contribution in [1.82, 2.24) is 14.5 Å². The van der Waals surface area contributed by atoms with Gasteiger partial charge in [0, 0.05) is 22.8 Å². The maximum Gasteiger partial charge on any atom is 0.418 e. The zero-order valence-corrected chi connectivity index (χ0v) is 19.4. The number of hydrogen-bond acceptors (Lipinski definition) is 3. The van der Waals surface area contributed by atoms with E-state index in [9.17, 15) is 22.4 Å². The second kappa shape index (κ2) is 9.98. The summed E-state index contributed by atoms with van der Waals surface area (Å²) in [4.78, 5) is 21.4. The molecule has 3 aromatic heterocycles. The summed E-state index contributed by atoms with van der Waals surface area (Å²) in [6, 6.07) is 14.3. The molecule has 0 aliphatic heterocycles. The zero-order chi connectivity index (χ0) is 25.2. The Morgan fingerprint density at radius 2 is 1.80 bits per heavy atom. The Kier molecular flexibility index (Phi) is 7.00. The van der Waals surface area contributed by atoms with E-state index in [1.54, 1.807) is 13.0 Å². The predicted octanol–water partition coefficient (Wildman–Crippen LogP) is 6.57. The summed E-state index contributed by atoms with van der Waals surface area (Å²) in [7, 11) is 0. The minimum atomic E-state index is -4.53. The first-order chi connectivity index (χ1) is 16.6. The first-order valence-electron chi connectivity index (χ1n) is 11.4. The van der Waals surface area contributed by atoms with Crippen LogP contribution in [0.4, 0.5) is 17.6 Å². The molecule has 0 N–H and O–H groups in total. The molecule has 0 radical (unpaired) electrons. The summed E-state index contributed by atoms with van der Waals surface area (Å²) in [6.45, 7) is 3.39. The van der Waals surface area contributed by atoms with Crippen molar-refractivity contribution < 1.29 is 17.6 Å². The molecule has 35 heavy (non-hydrogen) atoms. The van der Waals surface area contributed by atoms with Crippen molar-refractivity contribution in [2.24, 2.45) is 0 Å². The monoisotopic (exact) mass is 483 g/mol. The fourth-order valence-corrected chi connectivity index (χ4v) is 4.10. The Morgan fingerprint density at radius 1 is 1.03 bits per heavy atom. The lowest BCUT2D eigenvalue weighted by atomic mass is 9.80. The molecule has 1 fully saturated rings. The molecule has 4 nitrogen and oxygen atoms in total. The quantitative estimate of drug-likeness (QED) is 0.310. The number of halogens is 4. The van der Waals surface area contributed by atoms with Crippen LogP contribution in [0.2, 0.25) is 0 Å². The van der Waals surface area contributed by atoms with Crippen LogP contribution < -0.4 is 5.56 Å². The molecule has 0 atom stereocenters. The van der Waals surface area contributed by atoms with Gasteiger partial charge >= 0.3 is 6.18 Å². The van der Waals surface area contributed by atoms with Gasteiger partial charge in [0.15, 0.2) is 0 Å². The highest BCUT2D eigenvalue weighted by Crippen LogP contribution is 2.36. The van der Waals surface area contributed by atoms with Crippen molar-refractivity contribution in [3.05, 3.63) is 105 Å². The number of hydrogen-bond donors (Lipinski definition) is 0. The predicted molar refractivity (Wildman–Crippen MR) is 127 cm³/mol. The second-order valence-corrected chi connectivity index (χ2v) is 8.78. The van der Waals surface area contributed by atoms with Crippen molar-refractivity contribution in [2.45, 2.75) is 51.7 Å². The number of benzene rings is 1. The second-order valence-electron chi connectivity index (χ2n) is 8.78. The van der Waals surface area contributed by atoms with Crippen molar-refractivity contribution in [3.8, 4) is 0 Å². The van der Waals surface area contributed by atoms with Crippen LogP contribution in [0.3, 0.4) is 0 Å². The van der Waals surface area contributed by atoms with Crippen molar-refractivity contribution in [1.29, 1.82) is 0 Å². The summed E-state index contributed by atoms with van der Waals surface area (Å²) >= 11 is 0. The SMILES string of the molecule is Cc1ccc2cc(C3CCC3)c(=O)n(Cc3ncccc3C(F)(F)F)c2n1.Cc1cccc(F)c1. The van der Waals surface area contributed by atoms with Gasteiger partial charge in [0.1, 0.15) is 11.5 Å². The van der Waals surface area contributed by atoms with Gasteiger partial charge in [-0.05, 0) is 80.6 Å². The lowest BCUT2D eigenvalue weighted by molar-refractivity contribution is -0.138. The van der Waals surface area contributed by atoms with Gasteiger partial charge in [-0.25, -0.2) is 9.37 Å². The van der Waals surface area contributed by atoms with Crippen LogP contribution in [0.15, 0.2) is 65.6 Å². The molecule has 1 saturated carbocycles. The Labute approximate surface area is 200 Å². The van der Waals surface area contributed by atoms with Crippen LogP contribution in [0.5, 0.6) is 0 Å². The topological polar surface area (TPSA) is 47.8 Å². The van der Waals surface area contributed by atoms with E-state index >= 15 is 0 Å². The molecular weight excluding hydrogens is 458 g/mol. The minimum absolute atomic E-state index is 0.162. The van der Waals surface area contributed by atoms with Gasteiger partial charge < -0.3 is 0 Å². The number of fused-ring (bicyclic) bond motifs is 1. The number of aromatic nitrogens is 3. The average molecular weight is 484 g/mol. The van der Waals surface area contributed by atoms with Crippen molar-refractivity contribution >= 4 is 11.0 Å². The largest absolute Gasteiger partial charge is 0.418 e. The van der Waals surface area contributed by atoms with E-state index in [-0.39, 0.29) is 29.5 Å². The highest BCUT2D eigenvalue weighted by atomic mass is 19.4. The van der Waals surface area contributed by atoms with Gasteiger partial charge in [-0.1, -0.05) is 18.6 Å². The Balaban J connectivity index is 0.000000308. The molecule has 8 heteroatoms. The van der Waals surface area contributed by atoms with Crippen molar-refractivity contribution in [2.75, 3.05) is 0 Å². The third kappa shape index (κ3) is 5.58. The molecule has 0 bridgehead atoms. The lowest BCUT2D eigenvalue weighted by Gasteiger charge is -2.26. The number of pyridine rings is 3. The first-order valence-corrected chi connectivity index (χ1v) is 11.4. The van der Waals surface area contributed by atoms with Gasteiger partial charge in [0.05, 0.1) is 17.8 Å².